The number of carbonyl (C=O) groups is 1. The summed E-state index contributed by atoms with van der Waals surface area (Å²) in [6.07, 6.45) is 0.190. The number of aromatic nitrogens is 2. The summed E-state index contributed by atoms with van der Waals surface area (Å²) in [5, 5.41) is 15.0. The van der Waals surface area contributed by atoms with Gasteiger partial charge in [0.1, 0.15) is 24.1 Å². The van der Waals surface area contributed by atoms with E-state index in [1.165, 1.54) is 0 Å². The summed E-state index contributed by atoms with van der Waals surface area (Å²) in [6, 6.07) is 11.5. The van der Waals surface area contributed by atoms with Gasteiger partial charge in [-0.05, 0) is 23.8 Å². The number of nitrogens with zero attached hydrogens (tertiary/aromatic N) is 1. The van der Waals surface area contributed by atoms with Gasteiger partial charge in [0, 0.05) is 11.8 Å². The van der Waals surface area contributed by atoms with Crippen LogP contribution in [0.25, 0.3) is 10.8 Å². The Balaban J connectivity index is 1.58. The number of nitrogens with one attached hydrogen (secondary N) is 2. The topological polar surface area (TPSA) is 158 Å². The third kappa shape index (κ3) is 8.22. The Morgan fingerprint density at radius 2 is 1.95 bits per heavy atom. The number of aliphatic hydroxyl groups excluding tert-OH is 1. The average molecular weight is 636 g/mol. The summed E-state index contributed by atoms with van der Waals surface area (Å²) < 4.78 is 52.2. The normalized spacial score (nSPS) is 21.1. The summed E-state index contributed by atoms with van der Waals surface area (Å²) in [4.78, 5) is 38.7. The molecule has 14 heteroatoms. The van der Waals surface area contributed by atoms with Crippen LogP contribution in [0.1, 0.15) is 59.1 Å². The molecular weight excluding hydrogens is 596 g/mol. The minimum atomic E-state index is -4.38. The Hall–Kier alpha value is -3.35. The summed E-state index contributed by atoms with van der Waals surface area (Å²) in [7, 11) is -4.38. The molecule has 1 aliphatic heterocycles. The number of hydrogen-bond donors (Lipinski definition) is 3. The van der Waals surface area contributed by atoms with Crippen molar-refractivity contribution in [2.75, 3.05) is 13.2 Å². The fourth-order valence-corrected chi connectivity index (χ4v) is 6.45. The molecule has 0 bridgehead atoms. The van der Waals surface area contributed by atoms with E-state index in [2.05, 4.69) is 5.09 Å². The summed E-state index contributed by atoms with van der Waals surface area (Å²) in [6.45, 7) is 5.46. The minimum Gasteiger partial charge on any atom is -0.465 e. The molecule has 1 saturated heterocycles. The Morgan fingerprint density at radius 3 is 2.70 bits per heavy atom. The van der Waals surface area contributed by atoms with E-state index in [-0.39, 0.29) is 24.7 Å². The number of unbranched alkanes of at least 4 members (excludes halogenated alkanes) is 2. The first kappa shape index (κ1) is 33.5. The molecule has 44 heavy (non-hydrogen) atoms. The first-order valence-electron chi connectivity index (χ1n) is 14.8. The molecule has 2 unspecified atom stereocenters. The number of aromatic amines is 1. The van der Waals surface area contributed by atoms with Gasteiger partial charge in [-0.25, -0.2) is 9.36 Å². The molecule has 0 aliphatic carbocycles. The highest BCUT2D eigenvalue weighted by Crippen LogP contribution is 2.48. The number of carbonyl (C=O) groups excluding carboxylic acids is 1. The van der Waals surface area contributed by atoms with Gasteiger partial charge in [-0.3, -0.25) is 23.7 Å². The maximum atomic E-state index is 14.4. The van der Waals surface area contributed by atoms with Gasteiger partial charge in [0.05, 0.1) is 25.5 Å². The number of halogens is 1. The van der Waals surface area contributed by atoms with Gasteiger partial charge in [0.2, 0.25) is 5.82 Å². The van der Waals surface area contributed by atoms with E-state index >= 15 is 0 Å². The van der Waals surface area contributed by atoms with Crippen molar-refractivity contribution in [3.63, 3.8) is 0 Å². The zero-order chi connectivity index (χ0) is 31.9. The number of hydrogen-bond acceptors (Lipinski definition) is 9. The zero-order valence-corrected chi connectivity index (χ0v) is 25.8. The second-order valence-electron chi connectivity index (χ2n) is 10.8. The average Bonchev–Trinajstić information content (AvgIpc) is 3.38. The smallest absolute Gasteiger partial charge is 0.459 e. The van der Waals surface area contributed by atoms with Gasteiger partial charge < -0.3 is 19.1 Å². The van der Waals surface area contributed by atoms with Gasteiger partial charge in [0.25, 0.3) is 5.56 Å². The van der Waals surface area contributed by atoms with Gasteiger partial charge in [-0.1, -0.05) is 76.4 Å². The van der Waals surface area contributed by atoms with Gasteiger partial charge in [-0.2, -0.15) is 9.48 Å². The lowest BCUT2D eigenvalue weighted by Gasteiger charge is -2.28. The highest BCUT2D eigenvalue weighted by molar-refractivity contribution is 7.52. The van der Waals surface area contributed by atoms with Crippen LogP contribution in [0.5, 0.6) is 5.75 Å². The summed E-state index contributed by atoms with van der Waals surface area (Å²) in [5.74, 6) is -1.88. The third-order valence-electron chi connectivity index (χ3n) is 7.57. The minimum absolute atomic E-state index is 0.138. The molecule has 2 heterocycles. The Bertz CT molecular complexity index is 1590. The molecule has 3 N–H and O–H groups in total. The van der Waals surface area contributed by atoms with E-state index in [1.807, 2.05) is 44.0 Å². The van der Waals surface area contributed by atoms with Crippen LogP contribution in [0.4, 0.5) is 4.39 Å². The second kappa shape index (κ2) is 15.1. The maximum Gasteiger partial charge on any atom is 0.459 e. The van der Waals surface area contributed by atoms with Crippen molar-refractivity contribution in [3.8, 4) is 5.75 Å². The van der Waals surface area contributed by atoms with Crippen LogP contribution in [-0.2, 0) is 23.4 Å². The number of benzene rings is 2. The van der Waals surface area contributed by atoms with Crippen LogP contribution in [0.15, 0.2) is 58.3 Å². The first-order chi connectivity index (χ1) is 21.0. The predicted molar refractivity (Wildman–Crippen MR) is 161 cm³/mol. The van der Waals surface area contributed by atoms with Crippen molar-refractivity contribution in [1.82, 2.24) is 14.6 Å². The van der Waals surface area contributed by atoms with Gasteiger partial charge in [0.15, 0.2) is 0 Å². The Kier molecular flexibility index (Phi) is 11.5. The first-order valence-corrected chi connectivity index (χ1v) is 16.3. The van der Waals surface area contributed by atoms with Gasteiger partial charge >= 0.3 is 19.4 Å². The van der Waals surface area contributed by atoms with E-state index in [4.69, 9.17) is 18.5 Å². The van der Waals surface area contributed by atoms with Crippen molar-refractivity contribution in [3.05, 3.63) is 75.3 Å². The van der Waals surface area contributed by atoms with Crippen LogP contribution in [0.3, 0.4) is 0 Å². The number of esters is 1. The highest BCUT2D eigenvalue weighted by Gasteiger charge is 2.41. The number of ether oxygens (including phenoxy) is 2. The van der Waals surface area contributed by atoms with Crippen LogP contribution in [0.2, 0.25) is 0 Å². The molecule has 0 amide bonds. The van der Waals surface area contributed by atoms with Crippen LogP contribution in [0, 0.1) is 11.7 Å². The van der Waals surface area contributed by atoms with Crippen molar-refractivity contribution in [1.29, 1.82) is 0 Å². The SMILES string of the molecule is CCCCCOC(=O)[C@@H](NP(=O)(OC[C@H]1O[C@@H](n2cc(F)c(=O)[nH]c2=O)C[C@@H]1O)Oc1cccc2ccccc12)C(C)CC. The van der Waals surface area contributed by atoms with Crippen molar-refractivity contribution >= 4 is 24.5 Å². The maximum absolute atomic E-state index is 14.4. The van der Waals surface area contributed by atoms with Gasteiger partial charge in [-0.15, -0.1) is 0 Å². The van der Waals surface area contributed by atoms with Crippen LogP contribution in [-0.4, -0.2) is 52.1 Å². The van der Waals surface area contributed by atoms with Crippen LogP contribution >= 0.6 is 7.75 Å². The molecule has 12 nitrogen and oxygen atoms in total. The molecule has 240 valence electrons. The predicted octanol–water partition coefficient (Wildman–Crippen LogP) is 4.42. The fourth-order valence-electron chi connectivity index (χ4n) is 4.81. The van der Waals surface area contributed by atoms with E-state index < -0.39 is 61.9 Å². The number of fused-ring (bicyclic) bond motifs is 1. The highest BCUT2D eigenvalue weighted by atomic mass is 31.2. The van der Waals surface area contributed by atoms with Crippen molar-refractivity contribution < 1.29 is 37.4 Å². The van der Waals surface area contributed by atoms with E-state index in [0.717, 1.165) is 22.8 Å². The van der Waals surface area contributed by atoms with E-state index in [9.17, 15) is 28.4 Å². The van der Waals surface area contributed by atoms with Crippen LogP contribution < -0.4 is 20.9 Å². The van der Waals surface area contributed by atoms with Crippen molar-refractivity contribution in [2.45, 2.75) is 77.4 Å². The van der Waals surface area contributed by atoms with Crippen molar-refractivity contribution in [2.24, 2.45) is 5.92 Å². The summed E-state index contributed by atoms with van der Waals surface area (Å²) >= 11 is 0. The Morgan fingerprint density at radius 1 is 1.20 bits per heavy atom. The lowest BCUT2D eigenvalue weighted by molar-refractivity contribution is -0.147. The second-order valence-corrected chi connectivity index (χ2v) is 12.5. The Labute approximate surface area is 254 Å². The van der Waals surface area contributed by atoms with E-state index in [1.54, 1.807) is 24.3 Å². The lowest BCUT2D eigenvalue weighted by atomic mass is 10.0. The molecule has 0 saturated carbocycles. The zero-order valence-electron chi connectivity index (χ0n) is 24.9. The van der Waals surface area contributed by atoms with E-state index in [0.29, 0.717) is 24.4 Å². The largest absolute Gasteiger partial charge is 0.465 e. The molecule has 3 aromatic rings. The number of rotatable bonds is 15. The quantitative estimate of drug-likeness (QED) is 0.124. The fraction of sp³-hybridized carbons (Fsp3) is 0.500. The molecule has 1 fully saturated rings. The molecule has 4 rings (SSSR count). The molecule has 1 aliphatic rings. The standard InChI is InChI=1S/C30H39FN3O9P/c1-4-6-9-15-40-29(37)27(19(3)5-2)33-44(39,43-24-14-10-12-20-11-7-8-13-21(20)24)41-18-25-23(35)16-26(42-25)34-17-22(31)28(36)32-30(34)38/h7-8,10-14,17,19,23,25-27,35H,4-6,9,15-16,18H2,1-3H3,(H,33,39)(H,32,36,38)/t19?,23-,25+,26+,27-,44?/m0/s1. The molecule has 1 aromatic heterocycles. The number of H-pyrrole nitrogens is 1. The summed E-state index contributed by atoms with van der Waals surface area (Å²) in [5.41, 5.74) is -2.10. The third-order valence-corrected chi connectivity index (χ3v) is 9.09. The molecule has 6 atom stereocenters. The molecular formula is C30H39FN3O9P. The molecule has 2 aromatic carbocycles. The lowest BCUT2D eigenvalue weighted by Crippen LogP contribution is -2.43. The monoisotopic (exact) mass is 635 g/mol. The molecule has 0 radical (unpaired) electrons. The molecule has 0 spiro atoms. The number of aliphatic hydroxyl groups is 1.